The van der Waals surface area contributed by atoms with Crippen LogP contribution < -0.4 is 5.32 Å². The Balaban J connectivity index is 2.53. The molecule has 88 valence electrons. The minimum absolute atomic E-state index is 0.339. The van der Waals surface area contributed by atoms with Gasteiger partial charge in [0, 0.05) is 25.9 Å². The molecule has 0 bridgehead atoms. The van der Waals surface area contributed by atoms with Crippen molar-refractivity contribution >= 4 is 12.5 Å². The molecule has 0 atom stereocenters. The van der Waals surface area contributed by atoms with Crippen LogP contribution in [0.15, 0.2) is 0 Å². The van der Waals surface area contributed by atoms with E-state index in [1.165, 1.54) is 0 Å². The first-order valence-corrected chi connectivity index (χ1v) is 5.22. The number of nitriles is 1. The van der Waals surface area contributed by atoms with Gasteiger partial charge < -0.3 is 15.0 Å². The second kappa shape index (κ2) is 5.35. The third kappa shape index (κ3) is 2.63. The van der Waals surface area contributed by atoms with Gasteiger partial charge in [0.1, 0.15) is 5.54 Å². The Bertz CT molecular complexity index is 303. The molecule has 0 radical (unpaired) electrons. The van der Waals surface area contributed by atoms with Gasteiger partial charge >= 0.3 is 6.09 Å². The number of carbonyl (C=O) groups excluding carboxylic acids is 2. The Hall–Kier alpha value is -1.77. The lowest BCUT2D eigenvalue weighted by atomic mass is 9.89. The van der Waals surface area contributed by atoms with Crippen molar-refractivity contribution in [3.05, 3.63) is 0 Å². The maximum atomic E-state index is 11.4. The van der Waals surface area contributed by atoms with Gasteiger partial charge in [-0.05, 0) is 6.92 Å². The van der Waals surface area contributed by atoms with E-state index in [1.807, 2.05) is 0 Å². The van der Waals surface area contributed by atoms with Crippen molar-refractivity contribution in [3.8, 4) is 6.07 Å². The van der Waals surface area contributed by atoms with Gasteiger partial charge in [0.15, 0.2) is 0 Å². The summed E-state index contributed by atoms with van der Waals surface area (Å²) in [5, 5.41) is 11.5. The number of nitrogens with one attached hydrogen (secondary N) is 1. The molecule has 0 unspecified atom stereocenters. The number of nitrogens with zero attached hydrogens (tertiary/aromatic N) is 2. The van der Waals surface area contributed by atoms with Gasteiger partial charge in [0.05, 0.1) is 12.7 Å². The highest BCUT2D eigenvalue weighted by atomic mass is 16.6. The Labute approximate surface area is 94.2 Å². The monoisotopic (exact) mass is 225 g/mol. The molecule has 0 aliphatic carbocycles. The molecule has 1 N–H and O–H groups in total. The molecule has 0 spiro atoms. The number of amides is 2. The number of ether oxygens (including phenoxy) is 1. The molecule has 6 nitrogen and oxygen atoms in total. The van der Waals surface area contributed by atoms with E-state index >= 15 is 0 Å². The highest BCUT2D eigenvalue weighted by Crippen LogP contribution is 2.21. The molecular formula is C10H15N3O3. The topological polar surface area (TPSA) is 82.4 Å². The Morgan fingerprint density at radius 1 is 1.62 bits per heavy atom. The van der Waals surface area contributed by atoms with Crippen LogP contribution in [0.4, 0.5) is 4.79 Å². The molecule has 0 aromatic rings. The van der Waals surface area contributed by atoms with E-state index in [4.69, 9.17) is 10.00 Å². The van der Waals surface area contributed by atoms with Gasteiger partial charge in [-0.25, -0.2) is 4.79 Å². The lowest BCUT2D eigenvalue weighted by molar-refractivity contribution is -0.111. The van der Waals surface area contributed by atoms with Gasteiger partial charge in [-0.1, -0.05) is 0 Å². The summed E-state index contributed by atoms with van der Waals surface area (Å²) in [4.78, 5) is 23.3. The van der Waals surface area contributed by atoms with E-state index in [0.717, 1.165) is 0 Å². The maximum absolute atomic E-state index is 11.4. The van der Waals surface area contributed by atoms with Crippen molar-refractivity contribution < 1.29 is 14.3 Å². The molecule has 1 heterocycles. The highest BCUT2D eigenvalue weighted by molar-refractivity contribution is 5.67. The largest absolute Gasteiger partial charge is 0.450 e. The van der Waals surface area contributed by atoms with Crippen LogP contribution in [0.25, 0.3) is 0 Å². The molecule has 1 aliphatic rings. The molecule has 0 saturated carbocycles. The predicted octanol–water partition coefficient (Wildman–Crippen LogP) is 0.247. The predicted molar refractivity (Wildman–Crippen MR) is 55.4 cm³/mol. The second-order valence-electron chi connectivity index (χ2n) is 3.64. The van der Waals surface area contributed by atoms with Crippen LogP contribution in [0, 0.1) is 11.3 Å². The van der Waals surface area contributed by atoms with Crippen LogP contribution in [0.5, 0.6) is 0 Å². The lowest BCUT2D eigenvalue weighted by Crippen LogP contribution is -2.53. The molecule has 1 saturated heterocycles. The fourth-order valence-corrected chi connectivity index (χ4v) is 1.69. The minimum Gasteiger partial charge on any atom is -0.450 e. The molecular weight excluding hydrogens is 210 g/mol. The molecule has 0 aromatic heterocycles. The minimum atomic E-state index is -0.829. The van der Waals surface area contributed by atoms with E-state index in [9.17, 15) is 9.59 Å². The molecule has 6 heteroatoms. The average molecular weight is 225 g/mol. The molecule has 0 aromatic carbocycles. The van der Waals surface area contributed by atoms with E-state index in [0.29, 0.717) is 38.9 Å². The van der Waals surface area contributed by atoms with Crippen molar-refractivity contribution in [1.82, 2.24) is 10.2 Å². The quantitative estimate of drug-likeness (QED) is 0.698. The zero-order valence-electron chi connectivity index (χ0n) is 9.23. The van der Waals surface area contributed by atoms with Gasteiger partial charge in [-0.3, -0.25) is 4.79 Å². The van der Waals surface area contributed by atoms with Gasteiger partial charge in [-0.15, -0.1) is 0 Å². The smallest absolute Gasteiger partial charge is 0.409 e. The third-order valence-electron chi connectivity index (χ3n) is 2.69. The lowest BCUT2D eigenvalue weighted by Gasteiger charge is -2.36. The zero-order valence-corrected chi connectivity index (χ0v) is 9.23. The number of rotatable bonds is 3. The summed E-state index contributed by atoms with van der Waals surface area (Å²) in [6.45, 7) is 2.93. The van der Waals surface area contributed by atoms with Crippen molar-refractivity contribution in [2.75, 3.05) is 19.7 Å². The Morgan fingerprint density at radius 2 is 2.25 bits per heavy atom. The van der Waals surface area contributed by atoms with Crippen molar-refractivity contribution in [2.45, 2.75) is 25.3 Å². The molecule has 2 amide bonds. The van der Waals surface area contributed by atoms with Gasteiger partial charge in [0.25, 0.3) is 0 Å². The summed E-state index contributed by atoms with van der Waals surface area (Å²) < 4.78 is 4.86. The Morgan fingerprint density at radius 3 is 2.69 bits per heavy atom. The molecule has 1 aliphatic heterocycles. The maximum Gasteiger partial charge on any atom is 0.409 e. The summed E-state index contributed by atoms with van der Waals surface area (Å²) in [6, 6.07) is 2.09. The standard InChI is InChI=1S/C10H15N3O3/c1-2-16-9(15)13-5-3-10(7-11,4-6-13)12-8-14/h8H,2-6H2,1H3,(H,12,14). The van der Waals surface area contributed by atoms with Gasteiger partial charge in [-0.2, -0.15) is 5.26 Å². The fourth-order valence-electron chi connectivity index (χ4n) is 1.69. The Kier molecular flexibility index (Phi) is 4.11. The number of likely N-dealkylation sites (tertiary alicyclic amines) is 1. The molecule has 1 fully saturated rings. The van der Waals surface area contributed by atoms with E-state index in [1.54, 1.807) is 11.8 Å². The zero-order chi connectivity index (χ0) is 12.0. The molecule has 1 rings (SSSR count). The van der Waals surface area contributed by atoms with Crippen LogP contribution in [0.2, 0.25) is 0 Å². The number of hydrogen-bond donors (Lipinski definition) is 1. The average Bonchev–Trinajstić information content (AvgIpc) is 2.30. The fraction of sp³-hybridized carbons (Fsp3) is 0.700. The van der Waals surface area contributed by atoms with E-state index < -0.39 is 5.54 Å². The normalized spacial score (nSPS) is 18.4. The summed E-state index contributed by atoms with van der Waals surface area (Å²) in [5.41, 5.74) is -0.829. The van der Waals surface area contributed by atoms with E-state index in [-0.39, 0.29) is 6.09 Å². The molecule has 16 heavy (non-hydrogen) atoms. The first-order chi connectivity index (χ1) is 7.67. The van der Waals surface area contributed by atoms with Crippen molar-refractivity contribution in [2.24, 2.45) is 0 Å². The summed E-state index contributed by atoms with van der Waals surface area (Å²) in [7, 11) is 0. The first-order valence-electron chi connectivity index (χ1n) is 5.22. The second-order valence-corrected chi connectivity index (χ2v) is 3.64. The van der Waals surface area contributed by atoms with Crippen LogP contribution in [-0.2, 0) is 9.53 Å². The number of carbonyl (C=O) groups is 2. The summed E-state index contributed by atoms with van der Waals surface area (Å²) in [5.74, 6) is 0. The van der Waals surface area contributed by atoms with Crippen LogP contribution in [0.1, 0.15) is 19.8 Å². The highest BCUT2D eigenvalue weighted by Gasteiger charge is 2.36. The van der Waals surface area contributed by atoms with Crippen LogP contribution >= 0.6 is 0 Å². The summed E-state index contributed by atoms with van der Waals surface area (Å²) in [6.07, 6.45) is 1.03. The third-order valence-corrected chi connectivity index (χ3v) is 2.69. The number of hydrogen-bond acceptors (Lipinski definition) is 4. The SMILES string of the molecule is CCOC(=O)N1CCC(C#N)(NC=O)CC1. The van der Waals surface area contributed by atoms with E-state index in [2.05, 4.69) is 11.4 Å². The summed E-state index contributed by atoms with van der Waals surface area (Å²) >= 11 is 0. The van der Waals surface area contributed by atoms with Crippen LogP contribution in [-0.4, -0.2) is 42.6 Å². The van der Waals surface area contributed by atoms with Crippen molar-refractivity contribution in [1.29, 1.82) is 5.26 Å². The number of piperidine rings is 1. The van der Waals surface area contributed by atoms with Crippen LogP contribution in [0.3, 0.4) is 0 Å². The first kappa shape index (κ1) is 12.3. The van der Waals surface area contributed by atoms with Crippen molar-refractivity contribution in [3.63, 3.8) is 0 Å². The van der Waals surface area contributed by atoms with Gasteiger partial charge in [0.2, 0.25) is 6.41 Å².